The van der Waals surface area contributed by atoms with E-state index in [4.69, 9.17) is 4.74 Å². The number of nitrogens with zero attached hydrogens (tertiary/aromatic N) is 2. The van der Waals surface area contributed by atoms with Crippen LogP contribution >= 0.6 is 15.9 Å². The molecule has 0 unspecified atom stereocenters. The number of carbonyl (C=O) groups excluding carboxylic acids is 1. The second-order valence-electron chi connectivity index (χ2n) is 5.65. The van der Waals surface area contributed by atoms with Gasteiger partial charge in [0.1, 0.15) is 12.4 Å². The van der Waals surface area contributed by atoms with Crippen LogP contribution in [0.2, 0.25) is 0 Å². The van der Waals surface area contributed by atoms with E-state index >= 15 is 0 Å². The summed E-state index contributed by atoms with van der Waals surface area (Å²) >= 11 is 3.44. The molecule has 1 aliphatic rings. The number of halogens is 1. The quantitative estimate of drug-likeness (QED) is 0.814. The van der Waals surface area contributed by atoms with Crippen molar-refractivity contribution in [1.82, 2.24) is 9.80 Å². The lowest BCUT2D eigenvalue weighted by Crippen LogP contribution is -2.41. The van der Waals surface area contributed by atoms with Gasteiger partial charge in [-0.25, -0.2) is 0 Å². The average Bonchev–Trinajstić information content (AvgIpc) is 2.47. The maximum absolute atomic E-state index is 11.9. The average molecular weight is 355 g/mol. The number of hydrogen-bond acceptors (Lipinski definition) is 3. The molecular formula is C16H23BrN2O2. The van der Waals surface area contributed by atoms with Gasteiger partial charge < -0.3 is 9.64 Å². The van der Waals surface area contributed by atoms with Crippen molar-refractivity contribution in [1.29, 1.82) is 0 Å². The minimum absolute atomic E-state index is 0.197. The molecule has 21 heavy (non-hydrogen) atoms. The Labute approximate surface area is 135 Å². The molecule has 4 nitrogen and oxygen atoms in total. The molecule has 0 spiro atoms. The van der Waals surface area contributed by atoms with Crippen LogP contribution in [0.4, 0.5) is 0 Å². The number of benzene rings is 1. The van der Waals surface area contributed by atoms with Crippen molar-refractivity contribution in [3.8, 4) is 5.75 Å². The smallest absolute Gasteiger partial charge is 0.225 e. The molecular weight excluding hydrogens is 332 g/mol. The number of rotatable bonds is 5. The van der Waals surface area contributed by atoms with Gasteiger partial charge >= 0.3 is 0 Å². The first kappa shape index (κ1) is 16.3. The number of ether oxygens (including phenoxy) is 1. The van der Waals surface area contributed by atoms with Gasteiger partial charge in [-0.15, -0.1) is 0 Å². The van der Waals surface area contributed by atoms with Crippen LogP contribution in [0.5, 0.6) is 5.75 Å². The van der Waals surface area contributed by atoms with E-state index in [0.29, 0.717) is 6.61 Å². The van der Waals surface area contributed by atoms with Gasteiger partial charge in [0, 0.05) is 31.0 Å². The van der Waals surface area contributed by atoms with Crippen molar-refractivity contribution in [2.45, 2.75) is 12.8 Å². The molecule has 0 bridgehead atoms. The fraction of sp³-hybridized carbons (Fsp3) is 0.562. The summed E-state index contributed by atoms with van der Waals surface area (Å²) in [5.41, 5.74) is 0. The molecule has 0 saturated carbocycles. The normalized spacial score (nSPS) is 16.7. The fourth-order valence-electron chi connectivity index (χ4n) is 2.62. The molecule has 0 atom stereocenters. The Morgan fingerprint density at radius 1 is 1.38 bits per heavy atom. The van der Waals surface area contributed by atoms with Crippen LogP contribution in [0.1, 0.15) is 12.8 Å². The van der Waals surface area contributed by atoms with E-state index in [1.54, 1.807) is 4.90 Å². The highest BCUT2D eigenvalue weighted by molar-refractivity contribution is 9.10. The first-order chi connectivity index (χ1) is 10.1. The van der Waals surface area contributed by atoms with Crippen LogP contribution in [0.3, 0.4) is 0 Å². The minimum Gasteiger partial charge on any atom is -0.492 e. The van der Waals surface area contributed by atoms with Crippen molar-refractivity contribution >= 4 is 21.8 Å². The number of piperidine rings is 1. The minimum atomic E-state index is 0.197. The zero-order chi connectivity index (χ0) is 15.2. The van der Waals surface area contributed by atoms with Crippen molar-refractivity contribution in [2.24, 2.45) is 5.92 Å². The first-order valence-electron chi connectivity index (χ1n) is 7.38. The molecule has 5 heteroatoms. The van der Waals surface area contributed by atoms with Crippen LogP contribution in [-0.4, -0.2) is 56.0 Å². The Morgan fingerprint density at radius 3 is 2.71 bits per heavy atom. The first-order valence-corrected chi connectivity index (χ1v) is 8.17. The summed E-state index contributed by atoms with van der Waals surface area (Å²) in [5, 5.41) is 0. The van der Waals surface area contributed by atoms with E-state index in [9.17, 15) is 4.79 Å². The van der Waals surface area contributed by atoms with E-state index in [2.05, 4.69) is 20.8 Å². The van der Waals surface area contributed by atoms with Gasteiger partial charge in [-0.05, 0) is 44.1 Å². The van der Waals surface area contributed by atoms with Gasteiger partial charge in [0.05, 0.1) is 0 Å². The lowest BCUT2D eigenvalue weighted by Gasteiger charge is -2.32. The molecule has 1 amide bonds. The number of carbonyl (C=O) groups is 1. The third-order valence-electron chi connectivity index (χ3n) is 3.85. The van der Waals surface area contributed by atoms with Gasteiger partial charge in [-0.3, -0.25) is 9.69 Å². The van der Waals surface area contributed by atoms with Crippen molar-refractivity contribution in [3.63, 3.8) is 0 Å². The van der Waals surface area contributed by atoms with Crippen LogP contribution < -0.4 is 4.74 Å². The maximum Gasteiger partial charge on any atom is 0.225 e. The SMILES string of the molecule is CN(C)C(=O)C1CCN(CCOc2cccc(Br)c2)CC1. The van der Waals surface area contributed by atoms with E-state index in [1.807, 2.05) is 38.4 Å². The summed E-state index contributed by atoms with van der Waals surface area (Å²) in [6, 6.07) is 7.89. The second-order valence-corrected chi connectivity index (χ2v) is 6.57. The molecule has 0 aromatic heterocycles. The zero-order valence-corrected chi connectivity index (χ0v) is 14.3. The highest BCUT2D eigenvalue weighted by atomic mass is 79.9. The monoisotopic (exact) mass is 354 g/mol. The molecule has 0 radical (unpaired) electrons. The van der Waals surface area contributed by atoms with Gasteiger partial charge in [0.15, 0.2) is 0 Å². The Balaban J connectivity index is 1.68. The number of amides is 1. The van der Waals surface area contributed by atoms with Crippen molar-refractivity contribution in [2.75, 3.05) is 40.3 Å². The highest BCUT2D eigenvalue weighted by Gasteiger charge is 2.25. The third-order valence-corrected chi connectivity index (χ3v) is 4.34. The molecule has 0 aliphatic carbocycles. The lowest BCUT2D eigenvalue weighted by molar-refractivity contribution is -0.134. The third kappa shape index (κ3) is 5.00. The van der Waals surface area contributed by atoms with E-state index in [0.717, 1.165) is 42.7 Å². The van der Waals surface area contributed by atoms with Crippen LogP contribution in [0.15, 0.2) is 28.7 Å². The van der Waals surface area contributed by atoms with Gasteiger partial charge in [0.25, 0.3) is 0 Å². The second kappa shape index (κ2) is 7.80. The standard InChI is InChI=1S/C16H23BrN2O2/c1-18(2)16(20)13-6-8-19(9-7-13)10-11-21-15-5-3-4-14(17)12-15/h3-5,12-13H,6-11H2,1-2H3. The Bertz CT molecular complexity index is 471. The Morgan fingerprint density at radius 2 is 2.10 bits per heavy atom. The molecule has 1 heterocycles. The summed E-state index contributed by atoms with van der Waals surface area (Å²) in [4.78, 5) is 16.0. The summed E-state index contributed by atoms with van der Waals surface area (Å²) in [6.07, 6.45) is 1.90. The summed E-state index contributed by atoms with van der Waals surface area (Å²) in [7, 11) is 3.67. The lowest BCUT2D eigenvalue weighted by atomic mass is 9.95. The van der Waals surface area contributed by atoms with Crippen molar-refractivity contribution in [3.05, 3.63) is 28.7 Å². The van der Waals surface area contributed by atoms with E-state index in [-0.39, 0.29) is 11.8 Å². The maximum atomic E-state index is 11.9. The molecule has 0 N–H and O–H groups in total. The molecule has 1 fully saturated rings. The van der Waals surface area contributed by atoms with E-state index < -0.39 is 0 Å². The molecule has 1 aliphatic heterocycles. The molecule has 1 aromatic rings. The van der Waals surface area contributed by atoms with Gasteiger partial charge in [0.2, 0.25) is 5.91 Å². The summed E-state index contributed by atoms with van der Waals surface area (Å²) < 4.78 is 6.79. The Kier molecular flexibility index (Phi) is 6.06. The summed E-state index contributed by atoms with van der Waals surface area (Å²) in [6.45, 7) is 3.55. The zero-order valence-electron chi connectivity index (χ0n) is 12.7. The predicted molar refractivity (Wildman–Crippen MR) is 87.5 cm³/mol. The van der Waals surface area contributed by atoms with Crippen LogP contribution in [0, 0.1) is 5.92 Å². The number of hydrogen-bond donors (Lipinski definition) is 0. The van der Waals surface area contributed by atoms with Crippen LogP contribution in [-0.2, 0) is 4.79 Å². The molecule has 1 aromatic carbocycles. The van der Waals surface area contributed by atoms with Crippen molar-refractivity contribution < 1.29 is 9.53 Å². The number of likely N-dealkylation sites (tertiary alicyclic amines) is 1. The van der Waals surface area contributed by atoms with Gasteiger partial charge in [-0.1, -0.05) is 22.0 Å². The summed E-state index contributed by atoms with van der Waals surface area (Å²) in [5.74, 6) is 1.35. The molecule has 116 valence electrons. The Hall–Kier alpha value is -1.07. The van der Waals surface area contributed by atoms with Gasteiger partial charge in [-0.2, -0.15) is 0 Å². The largest absolute Gasteiger partial charge is 0.492 e. The predicted octanol–water partition coefficient (Wildman–Crippen LogP) is 2.63. The molecule has 1 saturated heterocycles. The highest BCUT2D eigenvalue weighted by Crippen LogP contribution is 2.20. The van der Waals surface area contributed by atoms with Crippen LogP contribution in [0.25, 0.3) is 0 Å². The fourth-order valence-corrected chi connectivity index (χ4v) is 3.00. The van der Waals surface area contributed by atoms with E-state index in [1.165, 1.54) is 0 Å². The topological polar surface area (TPSA) is 32.8 Å². The molecule has 2 rings (SSSR count).